The van der Waals surface area contributed by atoms with Gasteiger partial charge in [-0.3, -0.25) is 9.59 Å². The van der Waals surface area contributed by atoms with E-state index in [1.165, 1.54) is 6.20 Å². The number of carbonyl (C=O) groups excluding carboxylic acids is 2. The molecule has 1 aliphatic rings. The molecular weight excluding hydrogens is 498 g/mol. The third-order valence-electron chi connectivity index (χ3n) is 6.60. The monoisotopic (exact) mass is 525 g/mol. The topological polar surface area (TPSA) is 88.0 Å². The van der Waals surface area contributed by atoms with Crippen LogP contribution in [0.25, 0.3) is 0 Å². The standard InChI is InChI=1S/C30H28ClN5O2/c1-17-6-5-7-23(15-17)34-29(37)24-16-32-36-27(21-9-11-22(31)12-10-21)26(20(4)33-28(24)36)30(38)35-25-13-8-18(2)14-19(25)3/h5-16,27,33H,1-4H3,(H,34,37)(H,35,38). The molecule has 1 aliphatic heterocycles. The zero-order valence-electron chi connectivity index (χ0n) is 21.6. The van der Waals surface area contributed by atoms with Gasteiger partial charge in [0.25, 0.3) is 11.8 Å². The zero-order chi connectivity index (χ0) is 27.0. The highest BCUT2D eigenvalue weighted by Gasteiger charge is 2.35. The molecule has 3 N–H and O–H groups in total. The first-order valence-electron chi connectivity index (χ1n) is 12.3. The summed E-state index contributed by atoms with van der Waals surface area (Å²) >= 11 is 6.17. The van der Waals surface area contributed by atoms with Crippen molar-refractivity contribution in [2.24, 2.45) is 0 Å². The van der Waals surface area contributed by atoms with Crippen LogP contribution in [0.15, 0.2) is 84.2 Å². The van der Waals surface area contributed by atoms with Gasteiger partial charge in [0.05, 0.1) is 11.8 Å². The van der Waals surface area contributed by atoms with Gasteiger partial charge in [-0.2, -0.15) is 5.10 Å². The minimum absolute atomic E-state index is 0.256. The third kappa shape index (κ3) is 4.93. The number of rotatable bonds is 5. The van der Waals surface area contributed by atoms with Crippen LogP contribution in [0, 0.1) is 20.8 Å². The van der Waals surface area contributed by atoms with Gasteiger partial charge < -0.3 is 16.0 Å². The Balaban J connectivity index is 1.54. The average Bonchev–Trinajstić information content (AvgIpc) is 3.29. The molecule has 3 aromatic carbocycles. The Morgan fingerprint density at radius 2 is 1.63 bits per heavy atom. The second-order valence-electron chi connectivity index (χ2n) is 9.57. The molecule has 0 saturated heterocycles. The van der Waals surface area contributed by atoms with E-state index in [1.807, 2.05) is 82.3 Å². The first-order chi connectivity index (χ1) is 18.2. The highest BCUT2D eigenvalue weighted by atomic mass is 35.5. The molecule has 8 heteroatoms. The van der Waals surface area contributed by atoms with Gasteiger partial charge in [-0.25, -0.2) is 4.68 Å². The largest absolute Gasteiger partial charge is 0.343 e. The Kier molecular flexibility index (Phi) is 6.78. The molecule has 1 unspecified atom stereocenters. The number of aromatic nitrogens is 2. The number of allylic oxidation sites excluding steroid dienone is 1. The van der Waals surface area contributed by atoms with Crippen molar-refractivity contribution in [3.63, 3.8) is 0 Å². The van der Waals surface area contributed by atoms with Crippen LogP contribution in [0.2, 0.25) is 5.02 Å². The Hall–Kier alpha value is -4.36. The number of carbonyl (C=O) groups is 2. The molecule has 0 spiro atoms. The molecule has 0 bridgehead atoms. The second-order valence-corrected chi connectivity index (χ2v) is 10.0. The molecule has 1 atom stereocenters. The fraction of sp³-hybridized carbons (Fsp3) is 0.167. The first kappa shape index (κ1) is 25.3. The van der Waals surface area contributed by atoms with Gasteiger partial charge in [0.15, 0.2) is 0 Å². The number of anilines is 3. The van der Waals surface area contributed by atoms with E-state index in [4.69, 9.17) is 11.6 Å². The van der Waals surface area contributed by atoms with Gasteiger partial charge in [-0.05, 0) is 74.7 Å². The second kappa shape index (κ2) is 10.2. The number of hydrogen-bond donors (Lipinski definition) is 3. The Morgan fingerprint density at radius 3 is 2.34 bits per heavy atom. The lowest BCUT2D eigenvalue weighted by molar-refractivity contribution is -0.113. The highest BCUT2D eigenvalue weighted by molar-refractivity contribution is 6.30. The van der Waals surface area contributed by atoms with Crippen LogP contribution < -0.4 is 16.0 Å². The zero-order valence-corrected chi connectivity index (χ0v) is 22.4. The smallest absolute Gasteiger partial charge is 0.261 e. The molecule has 192 valence electrons. The van der Waals surface area contributed by atoms with Crippen molar-refractivity contribution in [1.82, 2.24) is 9.78 Å². The lowest BCUT2D eigenvalue weighted by atomic mass is 9.94. The van der Waals surface area contributed by atoms with E-state index < -0.39 is 6.04 Å². The summed E-state index contributed by atoms with van der Waals surface area (Å²) in [4.78, 5) is 27.0. The Bertz CT molecular complexity index is 1590. The van der Waals surface area contributed by atoms with Gasteiger partial charge >= 0.3 is 0 Å². The third-order valence-corrected chi connectivity index (χ3v) is 6.86. The molecule has 1 aromatic heterocycles. The molecule has 0 saturated carbocycles. The predicted molar refractivity (Wildman–Crippen MR) is 152 cm³/mol. The number of fused-ring (bicyclic) bond motifs is 1. The molecule has 0 aliphatic carbocycles. The Labute approximate surface area is 226 Å². The summed E-state index contributed by atoms with van der Waals surface area (Å²) in [7, 11) is 0. The molecule has 5 rings (SSSR count). The van der Waals surface area contributed by atoms with E-state index in [9.17, 15) is 9.59 Å². The number of benzene rings is 3. The van der Waals surface area contributed by atoms with Gasteiger partial charge in [-0.1, -0.05) is 53.6 Å². The number of aryl methyl sites for hydroxylation is 3. The first-order valence-corrected chi connectivity index (χ1v) is 12.7. The van der Waals surface area contributed by atoms with Crippen molar-refractivity contribution in [3.8, 4) is 0 Å². The van der Waals surface area contributed by atoms with Gasteiger partial charge in [0.1, 0.15) is 17.4 Å². The van der Waals surface area contributed by atoms with E-state index in [0.29, 0.717) is 33.4 Å². The number of nitrogens with one attached hydrogen (secondary N) is 3. The fourth-order valence-electron chi connectivity index (χ4n) is 4.73. The summed E-state index contributed by atoms with van der Waals surface area (Å²) in [6, 6.07) is 20.2. The normalized spacial score (nSPS) is 14.5. The fourth-order valence-corrected chi connectivity index (χ4v) is 4.86. The maximum Gasteiger partial charge on any atom is 0.261 e. The molecular formula is C30H28ClN5O2. The summed E-state index contributed by atoms with van der Waals surface area (Å²) in [5.74, 6) is -0.0420. The molecule has 0 fully saturated rings. The molecule has 7 nitrogen and oxygen atoms in total. The van der Waals surface area contributed by atoms with Crippen molar-refractivity contribution in [2.45, 2.75) is 33.7 Å². The number of nitrogens with zero attached hydrogens (tertiary/aromatic N) is 2. The molecule has 4 aromatic rings. The summed E-state index contributed by atoms with van der Waals surface area (Å²) < 4.78 is 1.68. The molecule has 2 amide bonds. The van der Waals surface area contributed by atoms with Crippen LogP contribution in [-0.4, -0.2) is 21.6 Å². The van der Waals surface area contributed by atoms with Crippen LogP contribution >= 0.6 is 11.6 Å². The maximum absolute atomic E-state index is 13.7. The predicted octanol–water partition coefficient (Wildman–Crippen LogP) is 6.64. The van der Waals surface area contributed by atoms with Gasteiger partial charge in [0.2, 0.25) is 0 Å². The number of amides is 2. The Morgan fingerprint density at radius 1 is 0.895 bits per heavy atom. The average molecular weight is 526 g/mol. The number of halogens is 1. The molecule has 2 heterocycles. The summed E-state index contributed by atoms with van der Waals surface area (Å²) in [5.41, 5.74) is 6.87. The van der Waals surface area contributed by atoms with Crippen molar-refractivity contribution in [1.29, 1.82) is 0 Å². The van der Waals surface area contributed by atoms with E-state index in [0.717, 1.165) is 27.9 Å². The van der Waals surface area contributed by atoms with Crippen LogP contribution in [0.4, 0.5) is 17.2 Å². The van der Waals surface area contributed by atoms with E-state index in [-0.39, 0.29) is 11.8 Å². The quantitative estimate of drug-likeness (QED) is 0.272. The van der Waals surface area contributed by atoms with E-state index in [2.05, 4.69) is 21.0 Å². The highest BCUT2D eigenvalue weighted by Crippen LogP contribution is 2.38. The van der Waals surface area contributed by atoms with Crippen molar-refractivity contribution in [3.05, 3.63) is 117 Å². The summed E-state index contributed by atoms with van der Waals surface area (Å²) in [5, 5.41) is 14.4. The number of hydrogen-bond acceptors (Lipinski definition) is 4. The molecule has 0 radical (unpaired) electrons. The SMILES string of the molecule is CC1=C(C(=O)Nc2ccc(C)cc2C)C(c2ccc(Cl)cc2)n2ncc(C(=O)Nc3cccc(C)c3)c2N1. The van der Waals surface area contributed by atoms with Crippen molar-refractivity contribution in [2.75, 3.05) is 16.0 Å². The van der Waals surface area contributed by atoms with E-state index in [1.54, 1.807) is 16.8 Å². The minimum atomic E-state index is -0.574. The van der Waals surface area contributed by atoms with Gasteiger partial charge in [-0.15, -0.1) is 0 Å². The summed E-state index contributed by atoms with van der Waals surface area (Å²) in [6.45, 7) is 7.77. The lowest BCUT2D eigenvalue weighted by Gasteiger charge is -2.30. The van der Waals surface area contributed by atoms with Crippen molar-refractivity contribution < 1.29 is 9.59 Å². The lowest BCUT2D eigenvalue weighted by Crippen LogP contribution is -2.32. The van der Waals surface area contributed by atoms with Crippen LogP contribution in [-0.2, 0) is 4.79 Å². The van der Waals surface area contributed by atoms with Crippen LogP contribution in [0.1, 0.15) is 45.6 Å². The van der Waals surface area contributed by atoms with Gasteiger partial charge in [0, 0.05) is 22.1 Å². The molecule has 38 heavy (non-hydrogen) atoms. The minimum Gasteiger partial charge on any atom is -0.343 e. The van der Waals surface area contributed by atoms with Crippen LogP contribution in [0.3, 0.4) is 0 Å². The van der Waals surface area contributed by atoms with Crippen molar-refractivity contribution >= 4 is 40.6 Å². The summed E-state index contributed by atoms with van der Waals surface area (Å²) in [6.07, 6.45) is 1.52. The van der Waals surface area contributed by atoms with E-state index >= 15 is 0 Å². The van der Waals surface area contributed by atoms with Crippen LogP contribution in [0.5, 0.6) is 0 Å². The maximum atomic E-state index is 13.7.